The smallest absolute Gasteiger partial charge is 0.258 e. The molecule has 3 aliphatic rings. The molecule has 3 N–H and O–H groups in total. The third-order valence-electron chi connectivity index (χ3n) is 7.27. The highest BCUT2D eigenvalue weighted by Gasteiger charge is 2.50. The van der Waals surface area contributed by atoms with E-state index in [-0.39, 0.29) is 41.9 Å². The van der Waals surface area contributed by atoms with E-state index >= 15 is 0 Å². The molecule has 0 radical (unpaired) electrons. The SMILES string of the molecule is CN(C)C(=O)c1cccc(-c2ccc3n(c2=O)C[C@H]2[C@H](CO)[C@@H](C(=O)NCC4CC4)N[C@@H]32)c1. The number of nitrogens with one attached hydrogen (secondary N) is 2. The second-order valence-electron chi connectivity index (χ2n) is 9.69. The van der Waals surface area contributed by atoms with Gasteiger partial charge in [0, 0.05) is 62.4 Å². The number of aliphatic hydroxyl groups excluding tert-OH is 1. The van der Waals surface area contributed by atoms with Gasteiger partial charge >= 0.3 is 0 Å². The number of carbonyl (C=O) groups excluding carboxylic acids is 2. The van der Waals surface area contributed by atoms with Gasteiger partial charge in [-0.3, -0.25) is 19.7 Å². The Kier molecular flexibility index (Phi) is 5.58. The van der Waals surface area contributed by atoms with Crippen molar-refractivity contribution in [2.45, 2.75) is 31.5 Å². The van der Waals surface area contributed by atoms with E-state index in [2.05, 4.69) is 10.6 Å². The monoisotopic (exact) mass is 450 g/mol. The van der Waals surface area contributed by atoms with E-state index in [4.69, 9.17) is 0 Å². The first kappa shape index (κ1) is 21.9. The molecular weight excluding hydrogens is 420 g/mol. The Hall–Kier alpha value is -2.97. The lowest BCUT2D eigenvalue weighted by Gasteiger charge is -2.21. The molecule has 8 heteroatoms. The maximum Gasteiger partial charge on any atom is 0.258 e. The van der Waals surface area contributed by atoms with Crippen LogP contribution in [0.2, 0.25) is 0 Å². The zero-order chi connectivity index (χ0) is 23.3. The second kappa shape index (κ2) is 8.43. The van der Waals surface area contributed by atoms with Crippen LogP contribution in [-0.2, 0) is 11.3 Å². The van der Waals surface area contributed by atoms with E-state index < -0.39 is 6.04 Å². The predicted octanol–water partition coefficient (Wildman–Crippen LogP) is 0.994. The summed E-state index contributed by atoms with van der Waals surface area (Å²) in [7, 11) is 3.39. The minimum absolute atomic E-state index is 0.0312. The zero-order valence-corrected chi connectivity index (χ0v) is 19.0. The fourth-order valence-corrected chi connectivity index (χ4v) is 5.23. The van der Waals surface area contributed by atoms with Crippen molar-refractivity contribution >= 4 is 11.8 Å². The van der Waals surface area contributed by atoms with Gasteiger partial charge in [-0.05, 0) is 48.6 Å². The first-order valence-corrected chi connectivity index (χ1v) is 11.6. The third-order valence-corrected chi connectivity index (χ3v) is 7.27. The maximum absolute atomic E-state index is 13.4. The topological polar surface area (TPSA) is 104 Å². The minimum Gasteiger partial charge on any atom is -0.396 e. The molecule has 174 valence electrons. The number of nitrogens with zero attached hydrogens (tertiary/aromatic N) is 2. The summed E-state index contributed by atoms with van der Waals surface area (Å²) in [5.74, 6) is 0.123. The highest BCUT2D eigenvalue weighted by atomic mass is 16.3. The average molecular weight is 451 g/mol. The molecule has 4 atom stereocenters. The normalized spacial score (nSPS) is 25.4. The van der Waals surface area contributed by atoms with Crippen LogP contribution in [0.3, 0.4) is 0 Å². The van der Waals surface area contributed by atoms with Crippen LogP contribution in [0.5, 0.6) is 0 Å². The Morgan fingerprint density at radius 1 is 1.21 bits per heavy atom. The van der Waals surface area contributed by atoms with E-state index in [0.717, 1.165) is 18.5 Å². The number of fused-ring (bicyclic) bond motifs is 3. The first-order valence-electron chi connectivity index (χ1n) is 11.6. The van der Waals surface area contributed by atoms with Crippen LogP contribution in [0.15, 0.2) is 41.2 Å². The molecule has 33 heavy (non-hydrogen) atoms. The summed E-state index contributed by atoms with van der Waals surface area (Å²) in [6, 6.07) is 10.2. The number of aromatic nitrogens is 1. The van der Waals surface area contributed by atoms with Crippen LogP contribution in [0.1, 0.15) is 34.9 Å². The molecule has 0 bridgehead atoms. The van der Waals surface area contributed by atoms with Crippen molar-refractivity contribution in [3.8, 4) is 11.1 Å². The molecule has 2 amide bonds. The molecule has 2 fully saturated rings. The van der Waals surface area contributed by atoms with Crippen LogP contribution in [0.4, 0.5) is 0 Å². The molecule has 1 aliphatic carbocycles. The van der Waals surface area contributed by atoms with Crippen LogP contribution in [0.25, 0.3) is 11.1 Å². The Morgan fingerprint density at radius 3 is 2.70 bits per heavy atom. The predicted molar refractivity (Wildman–Crippen MR) is 124 cm³/mol. The Balaban J connectivity index is 1.41. The number of amides is 2. The summed E-state index contributed by atoms with van der Waals surface area (Å²) in [6.45, 7) is 1.03. The van der Waals surface area contributed by atoms with Crippen molar-refractivity contribution in [2.24, 2.45) is 17.8 Å². The molecule has 1 saturated carbocycles. The van der Waals surface area contributed by atoms with Gasteiger partial charge in [0.05, 0.1) is 12.1 Å². The summed E-state index contributed by atoms with van der Waals surface area (Å²) >= 11 is 0. The van der Waals surface area contributed by atoms with Gasteiger partial charge in [0.15, 0.2) is 0 Å². The highest BCUT2D eigenvalue weighted by molar-refractivity contribution is 5.95. The lowest BCUT2D eigenvalue weighted by atomic mass is 9.88. The molecule has 0 spiro atoms. The summed E-state index contributed by atoms with van der Waals surface area (Å²) in [4.78, 5) is 40.0. The molecule has 0 unspecified atom stereocenters. The first-order chi connectivity index (χ1) is 15.9. The number of pyridine rings is 1. The number of hydrogen-bond donors (Lipinski definition) is 3. The van der Waals surface area contributed by atoms with E-state index in [0.29, 0.717) is 35.7 Å². The standard InChI is InChI=1S/C25H30N4O4/c1-28(2)24(32)16-5-3-4-15(10-16)17-8-9-20-21-18(12-29(20)25(17)33)19(13-30)22(27-21)23(31)26-11-14-6-7-14/h3-5,8-10,14,18-19,21-22,27,30H,6-7,11-13H2,1-2H3,(H,26,31)/t18-,19-,21+,22-/m0/s1. The van der Waals surface area contributed by atoms with Gasteiger partial charge in [-0.2, -0.15) is 0 Å². The van der Waals surface area contributed by atoms with E-state index in [1.54, 1.807) is 42.9 Å². The van der Waals surface area contributed by atoms with Crippen molar-refractivity contribution < 1.29 is 14.7 Å². The summed E-state index contributed by atoms with van der Waals surface area (Å²) in [5, 5.41) is 16.5. The molecular formula is C25H30N4O4. The molecule has 1 aromatic carbocycles. The largest absolute Gasteiger partial charge is 0.396 e. The Bertz CT molecular complexity index is 1150. The average Bonchev–Trinajstić information content (AvgIpc) is 3.47. The van der Waals surface area contributed by atoms with Gasteiger partial charge in [-0.25, -0.2) is 0 Å². The van der Waals surface area contributed by atoms with Gasteiger partial charge in [0.1, 0.15) is 0 Å². The Labute approximate surface area is 192 Å². The van der Waals surface area contributed by atoms with Crippen LogP contribution >= 0.6 is 0 Å². The molecule has 2 aromatic rings. The van der Waals surface area contributed by atoms with Gasteiger partial charge in [-0.1, -0.05) is 12.1 Å². The minimum atomic E-state index is -0.457. The number of benzene rings is 1. The highest BCUT2D eigenvalue weighted by Crippen LogP contribution is 2.43. The lowest BCUT2D eigenvalue weighted by Crippen LogP contribution is -2.46. The van der Waals surface area contributed by atoms with E-state index in [1.165, 1.54) is 4.90 Å². The molecule has 1 aromatic heterocycles. The fourth-order valence-electron chi connectivity index (χ4n) is 5.23. The summed E-state index contributed by atoms with van der Waals surface area (Å²) < 4.78 is 1.75. The van der Waals surface area contributed by atoms with Gasteiger partial charge in [0.2, 0.25) is 5.91 Å². The number of aliphatic hydroxyl groups is 1. The summed E-state index contributed by atoms with van der Waals surface area (Å²) in [6.07, 6.45) is 2.33. The van der Waals surface area contributed by atoms with E-state index in [1.807, 2.05) is 12.1 Å². The van der Waals surface area contributed by atoms with Crippen molar-refractivity contribution in [3.05, 3.63) is 58.0 Å². The third kappa shape index (κ3) is 3.87. The van der Waals surface area contributed by atoms with Crippen molar-refractivity contribution in [3.63, 3.8) is 0 Å². The molecule has 3 heterocycles. The van der Waals surface area contributed by atoms with Gasteiger partial charge in [-0.15, -0.1) is 0 Å². The van der Waals surface area contributed by atoms with Gasteiger partial charge in [0.25, 0.3) is 11.5 Å². The summed E-state index contributed by atoms with van der Waals surface area (Å²) in [5.41, 5.74) is 2.48. The van der Waals surface area contributed by atoms with E-state index in [9.17, 15) is 19.5 Å². The lowest BCUT2D eigenvalue weighted by molar-refractivity contribution is -0.124. The maximum atomic E-state index is 13.4. The van der Waals surface area contributed by atoms with Crippen LogP contribution < -0.4 is 16.2 Å². The van der Waals surface area contributed by atoms with Crippen molar-refractivity contribution in [1.82, 2.24) is 20.1 Å². The number of rotatable bonds is 6. The molecule has 1 saturated heterocycles. The van der Waals surface area contributed by atoms with Gasteiger partial charge < -0.3 is 19.9 Å². The van der Waals surface area contributed by atoms with Crippen LogP contribution in [0, 0.1) is 17.8 Å². The second-order valence-corrected chi connectivity index (χ2v) is 9.69. The Morgan fingerprint density at radius 2 is 2.00 bits per heavy atom. The van der Waals surface area contributed by atoms with Crippen LogP contribution in [-0.4, -0.2) is 59.7 Å². The molecule has 5 rings (SSSR count). The number of hydrogen-bond acceptors (Lipinski definition) is 5. The molecule has 2 aliphatic heterocycles. The van der Waals surface area contributed by atoms with Crippen molar-refractivity contribution in [1.29, 1.82) is 0 Å². The fraction of sp³-hybridized carbons (Fsp3) is 0.480. The zero-order valence-electron chi connectivity index (χ0n) is 19.0. The quantitative estimate of drug-likeness (QED) is 0.609. The molecule has 8 nitrogen and oxygen atoms in total. The number of carbonyl (C=O) groups is 2. The van der Waals surface area contributed by atoms with Crippen molar-refractivity contribution in [2.75, 3.05) is 27.2 Å².